The van der Waals surface area contributed by atoms with Crippen LogP contribution in [0.3, 0.4) is 0 Å². The highest BCUT2D eigenvalue weighted by molar-refractivity contribution is 9.10. The van der Waals surface area contributed by atoms with Crippen molar-refractivity contribution in [1.82, 2.24) is 14.9 Å². The Hall–Kier alpha value is -1.18. The van der Waals surface area contributed by atoms with Crippen LogP contribution >= 0.6 is 15.9 Å². The Kier molecular flexibility index (Phi) is 4.95. The van der Waals surface area contributed by atoms with Crippen molar-refractivity contribution in [3.63, 3.8) is 0 Å². The minimum Gasteiger partial charge on any atom is -0.283 e. The molecule has 20 heavy (non-hydrogen) atoms. The average molecular weight is 358 g/mol. The molecule has 1 heterocycles. The number of benzene rings is 1. The van der Waals surface area contributed by atoms with Crippen LogP contribution in [0.5, 0.6) is 0 Å². The second kappa shape index (κ2) is 6.51. The molecule has 5 nitrogen and oxygen atoms in total. The smallest absolute Gasteiger partial charge is 0.241 e. The van der Waals surface area contributed by atoms with E-state index < -0.39 is 10.0 Å². The van der Waals surface area contributed by atoms with Crippen molar-refractivity contribution in [2.24, 2.45) is 0 Å². The van der Waals surface area contributed by atoms with E-state index in [2.05, 4.69) is 30.8 Å². The van der Waals surface area contributed by atoms with E-state index in [1.54, 1.807) is 30.5 Å². The molecular weight excluding hydrogens is 342 g/mol. The molecule has 0 aliphatic rings. The molecule has 2 N–H and O–H groups in total. The first-order chi connectivity index (χ1) is 9.50. The Bertz CT molecular complexity index is 682. The van der Waals surface area contributed by atoms with Gasteiger partial charge in [-0.2, -0.15) is 5.10 Å². The number of aryl methyl sites for hydroxylation is 2. The van der Waals surface area contributed by atoms with Crippen LogP contribution in [0.15, 0.2) is 39.8 Å². The fourth-order valence-electron chi connectivity index (χ4n) is 1.85. The van der Waals surface area contributed by atoms with Gasteiger partial charge in [0, 0.05) is 16.7 Å². The van der Waals surface area contributed by atoms with Crippen molar-refractivity contribution < 1.29 is 8.42 Å². The molecular formula is C13H16BrN3O2S. The van der Waals surface area contributed by atoms with E-state index in [-0.39, 0.29) is 4.90 Å². The summed E-state index contributed by atoms with van der Waals surface area (Å²) in [6.07, 6.45) is 3.29. The van der Waals surface area contributed by atoms with Crippen molar-refractivity contribution in [3.05, 3.63) is 46.2 Å². The molecule has 1 aromatic heterocycles. The van der Waals surface area contributed by atoms with E-state index in [4.69, 9.17) is 0 Å². The highest BCUT2D eigenvalue weighted by Crippen LogP contribution is 2.20. The zero-order valence-electron chi connectivity index (χ0n) is 11.1. The van der Waals surface area contributed by atoms with Crippen LogP contribution in [0.1, 0.15) is 17.7 Å². The summed E-state index contributed by atoms with van der Waals surface area (Å²) in [5.74, 6) is 0. The van der Waals surface area contributed by atoms with Crippen molar-refractivity contribution in [2.75, 3.05) is 6.54 Å². The van der Waals surface area contributed by atoms with Crippen LogP contribution in [-0.2, 0) is 16.4 Å². The lowest BCUT2D eigenvalue weighted by Crippen LogP contribution is -2.25. The predicted molar refractivity (Wildman–Crippen MR) is 81.0 cm³/mol. The third kappa shape index (κ3) is 3.68. The Morgan fingerprint density at radius 1 is 1.35 bits per heavy atom. The molecule has 7 heteroatoms. The van der Waals surface area contributed by atoms with E-state index >= 15 is 0 Å². The molecule has 0 radical (unpaired) electrons. The van der Waals surface area contributed by atoms with Gasteiger partial charge in [-0.05, 0) is 53.4 Å². The SMILES string of the molecule is Cc1[nH]ncc1CCCNS(=O)(=O)c1ccccc1Br. The quantitative estimate of drug-likeness (QED) is 0.779. The highest BCUT2D eigenvalue weighted by atomic mass is 79.9. The lowest BCUT2D eigenvalue weighted by molar-refractivity contribution is 0.578. The molecule has 0 aliphatic carbocycles. The number of aromatic nitrogens is 2. The van der Waals surface area contributed by atoms with Gasteiger partial charge in [0.25, 0.3) is 0 Å². The van der Waals surface area contributed by atoms with Gasteiger partial charge in [-0.1, -0.05) is 12.1 Å². The summed E-state index contributed by atoms with van der Waals surface area (Å²) in [7, 11) is -3.46. The van der Waals surface area contributed by atoms with Gasteiger partial charge in [0.1, 0.15) is 0 Å². The summed E-state index contributed by atoms with van der Waals surface area (Å²) in [6.45, 7) is 2.35. The van der Waals surface area contributed by atoms with Crippen LogP contribution in [0.2, 0.25) is 0 Å². The molecule has 1 aromatic carbocycles. The highest BCUT2D eigenvalue weighted by Gasteiger charge is 2.16. The van der Waals surface area contributed by atoms with Crippen LogP contribution in [0.25, 0.3) is 0 Å². The fourth-order valence-corrected chi connectivity index (χ4v) is 3.93. The van der Waals surface area contributed by atoms with E-state index in [0.29, 0.717) is 11.0 Å². The lowest BCUT2D eigenvalue weighted by atomic mass is 10.1. The summed E-state index contributed by atoms with van der Waals surface area (Å²) in [6, 6.07) is 6.77. The summed E-state index contributed by atoms with van der Waals surface area (Å²) in [5.41, 5.74) is 2.14. The molecule has 0 amide bonds. The summed E-state index contributed by atoms with van der Waals surface area (Å²) >= 11 is 3.25. The van der Waals surface area contributed by atoms with Gasteiger partial charge >= 0.3 is 0 Å². The van der Waals surface area contributed by atoms with Gasteiger partial charge in [0.15, 0.2) is 0 Å². The van der Waals surface area contributed by atoms with E-state index in [9.17, 15) is 8.42 Å². The van der Waals surface area contributed by atoms with Crippen LogP contribution in [-0.4, -0.2) is 25.2 Å². The van der Waals surface area contributed by atoms with Gasteiger partial charge in [0.2, 0.25) is 10.0 Å². The standard InChI is InChI=1S/C13H16BrN3O2S/c1-10-11(9-15-17-10)5-4-8-16-20(18,19)13-7-3-2-6-12(13)14/h2-3,6-7,9,16H,4-5,8H2,1H3,(H,15,17). The molecule has 0 atom stereocenters. The second-order valence-corrected chi connectivity index (χ2v) is 7.04. The maximum absolute atomic E-state index is 12.1. The molecule has 0 saturated heterocycles. The summed E-state index contributed by atoms with van der Waals surface area (Å²) < 4.78 is 27.4. The topological polar surface area (TPSA) is 74.8 Å². The lowest BCUT2D eigenvalue weighted by Gasteiger charge is -2.08. The first kappa shape index (κ1) is 15.2. The van der Waals surface area contributed by atoms with E-state index in [1.807, 2.05) is 6.92 Å². The summed E-state index contributed by atoms with van der Waals surface area (Å²) in [4.78, 5) is 0.263. The van der Waals surface area contributed by atoms with Crippen LogP contribution in [0, 0.1) is 6.92 Å². The number of sulfonamides is 1. The minimum atomic E-state index is -3.46. The van der Waals surface area contributed by atoms with Crippen molar-refractivity contribution in [3.8, 4) is 0 Å². The fraction of sp³-hybridized carbons (Fsp3) is 0.308. The Balaban J connectivity index is 1.91. The first-order valence-corrected chi connectivity index (χ1v) is 8.51. The molecule has 0 aliphatic heterocycles. The number of hydrogen-bond donors (Lipinski definition) is 2. The molecule has 0 unspecified atom stereocenters. The van der Waals surface area contributed by atoms with E-state index in [0.717, 1.165) is 24.1 Å². The Labute approximate surface area is 127 Å². The van der Waals surface area contributed by atoms with Crippen LogP contribution in [0.4, 0.5) is 0 Å². The van der Waals surface area contributed by atoms with Gasteiger partial charge in [-0.25, -0.2) is 13.1 Å². The van der Waals surface area contributed by atoms with Crippen molar-refractivity contribution in [1.29, 1.82) is 0 Å². The second-order valence-electron chi connectivity index (χ2n) is 4.45. The molecule has 0 fully saturated rings. The maximum atomic E-state index is 12.1. The van der Waals surface area contributed by atoms with Gasteiger partial charge in [0.05, 0.1) is 11.1 Å². The zero-order chi connectivity index (χ0) is 14.6. The average Bonchev–Trinajstić information content (AvgIpc) is 2.81. The van der Waals surface area contributed by atoms with Gasteiger partial charge in [-0.15, -0.1) is 0 Å². The minimum absolute atomic E-state index is 0.263. The number of halogens is 1. The third-order valence-electron chi connectivity index (χ3n) is 2.98. The molecule has 108 valence electrons. The molecule has 2 rings (SSSR count). The largest absolute Gasteiger partial charge is 0.283 e. The monoisotopic (exact) mass is 357 g/mol. The third-order valence-corrected chi connectivity index (χ3v) is 5.45. The number of hydrogen-bond acceptors (Lipinski definition) is 3. The Morgan fingerprint density at radius 2 is 2.10 bits per heavy atom. The number of aromatic amines is 1. The molecule has 0 saturated carbocycles. The van der Waals surface area contributed by atoms with E-state index in [1.165, 1.54) is 0 Å². The van der Waals surface area contributed by atoms with Gasteiger partial charge in [-0.3, -0.25) is 5.10 Å². The summed E-state index contributed by atoms with van der Waals surface area (Å²) in [5, 5.41) is 6.80. The number of rotatable bonds is 6. The zero-order valence-corrected chi connectivity index (χ0v) is 13.5. The normalized spacial score (nSPS) is 11.7. The predicted octanol–water partition coefficient (Wildman–Crippen LogP) is 2.39. The number of nitrogens with zero attached hydrogens (tertiary/aromatic N) is 1. The first-order valence-electron chi connectivity index (χ1n) is 6.24. The maximum Gasteiger partial charge on any atom is 0.241 e. The number of nitrogens with one attached hydrogen (secondary N) is 2. The molecule has 0 bridgehead atoms. The Morgan fingerprint density at radius 3 is 2.75 bits per heavy atom. The van der Waals surface area contributed by atoms with Crippen molar-refractivity contribution >= 4 is 26.0 Å². The number of H-pyrrole nitrogens is 1. The molecule has 2 aromatic rings. The van der Waals surface area contributed by atoms with Crippen molar-refractivity contribution in [2.45, 2.75) is 24.7 Å². The van der Waals surface area contributed by atoms with Gasteiger partial charge < -0.3 is 0 Å². The van der Waals surface area contributed by atoms with Crippen LogP contribution < -0.4 is 4.72 Å². The molecule has 0 spiro atoms.